The number of amides is 3. The van der Waals surface area contributed by atoms with Crippen LogP contribution < -0.4 is 21.7 Å². The van der Waals surface area contributed by atoms with E-state index in [2.05, 4.69) is 10.6 Å². The zero-order chi connectivity index (χ0) is 25.7. The molecule has 15 nitrogen and oxygen atoms in total. The van der Waals surface area contributed by atoms with E-state index >= 15 is 0 Å². The summed E-state index contributed by atoms with van der Waals surface area (Å²) < 4.78 is 0. The quantitative estimate of drug-likeness (QED) is 0.107. The van der Waals surface area contributed by atoms with Crippen LogP contribution in [0.15, 0.2) is 0 Å². The van der Waals surface area contributed by atoms with Crippen LogP contribution in [-0.2, 0) is 33.6 Å². The molecule has 186 valence electrons. The van der Waals surface area contributed by atoms with Crippen molar-refractivity contribution in [1.82, 2.24) is 16.0 Å². The molecule has 0 saturated heterocycles. The molecular formula is C17H26N4O11S. The number of carbonyl (C=O) groups excluding carboxylic acids is 3. The van der Waals surface area contributed by atoms with Crippen molar-refractivity contribution in [2.75, 3.05) is 12.0 Å². The fourth-order valence-electron chi connectivity index (χ4n) is 2.37. The molecule has 0 aliphatic heterocycles. The largest absolute Gasteiger partial charge is 0.481 e. The minimum absolute atomic E-state index is 0.0106. The number of hydrogen-bond donors (Lipinski definition) is 8. The summed E-state index contributed by atoms with van der Waals surface area (Å²) >= 11 is 1.30. The normalized spacial score (nSPS) is 14.1. The highest BCUT2D eigenvalue weighted by Crippen LogP contribution is 2.05. The van der Waals surface area contributed by atoms with E-state index in [4.69, 9.17) is 26.2 Å². The van der Waals surface area contributed by atoms with Crippen LogP contribution in [0.3, 0.4) is 0 Å². The van der Waals surface area contributed by atoms with E-state index in [9.17, 15) is 33.6 Å². The average Bonchev–Trinajstić information content (AvgIpc) is 2.68. The lowest BCUT2D eigenvalue weighted by molar-refractivity contribution is -0.148. The first kappa shape index (κ1) is 29.6. The molecule has 0 aliphatic rings. The Kier molecular flexibility index (Phi) is 13.1. The molecule has 0 radical (unpaired) electrons. The molecule has 9 N–H and O–H groups in total. The fourth-order valence-corrected chi connectivity index (χ4v) is 2.84. The number of carboxylic acids is 4. The van der Waals surface area contributed by atoms with Crippen molar-refractivity contribution in [3.63, 3.8) is 0 Å². The summed E-state index contributed by atoms with van der Waals surface area (Å²) in [6.07, 6.45) is -0.979. The molecule has 0 bridgehead atoms. The second kappa shape index (κ2) is 14.6. The summed E-state index contributed by atoms with van der Waals surface area (Å²) in [5, 5.41) is 41.7. The van der Waals surface area contributed by atoms with Gasteiger partial charge in [-0.3, -0.25) is 28.8 Å². The van der Waals surface area contributed by atoms with Gasteiger partial charge in [0, 0.05) is 0 Å². The molecule has 16 heteroatoms. The molecule has 0 heterocycles. The Hall–Kier alpha value is -3.40. The minimum atomic E-state index is -1.88. The van der Waals surface area contributed by atoms with Gasteiger partial charge in [-0.25, -0.2) is 4.79 Å². The van der Waals surface area contributed by atoms with Gasteiger partial charge in [0.2, 0.25) is 17.7 Å². The maximum Gasteiger partial charge on any atom is 0.326 e. The molecule has 0 rings (SSSR count). The average molecular weight is 494 g/mol. The van der Waals surface area contributed by atoms with Crippen molar-refractivity contribution in [1.29, 1.82) is 0 Å². The smallest absolute Gasteiger partial charge is 0.326 e. The van der Waals surface area contributed by atoms with E-state index in [0.29, 0.717) is 5.75 Å². The number of rotatable bonds is 16. The van der Waals surface area contributed by atoms with E-state index in [-0.39, 0.29) is 6.42 Å². The van der Waals surface area contributed by atoms with Gasteiger partial charge >= 0.3 is 23.9 Å². The number of carbonyl (C=O) groups is 7. The van der Waals surface area contributed by atoms with Gasteiger partial charge in [0.15, 0.2) is 0 Å². The summed E-state index contributed by atoms with van der Waals surface area (Å²) in [5.74, 6) is -9.03. The Balaban J connectivity index is 5.51. The first-order valence-electron chi connectivity index (χ1n) is 9.32. The zero-order valence-corrected chi connectivity index (χ0v) is 18.3. The predicted molar refractivity (Wildman–Crippen MR) is 111 cm³/mol. The predicted octanol–water partition coefficient (Wildman–Crippen LogP) is -2.97. The summed E-state index contributed by atoms with van der Waals surface area (Å²) in [4.78, 5) is 80.9. The SMILES string of the molecule is CSCCC(NC(=O)C(N)CC(=O)O)C(=O)NC(CC(=O)O)C(=O)NC(CC(=O)O)C(=O)O. The molecule has 0 saturated carbocycles. The van der Waals surface area contributed by atoms with Crippen LogP contribution in [0.25, 0.3) is 0 Å². The molecule has 0 fully saturated rings. The fraction of sp³-hybridized carbons (Fsp3) is 0.588. The number of thioether (sulfide) groups is 1. The minimum Gasteiger partial charge on any atom is -0.481 e. The Morgan fingerprint density at radius 2 is 1.12 bits per heavy atom. The van der Waals surface area contributed by atoms with Gasteiger partial charge in [-0.05, 0) is 18.4 Å². The highest BCUT2D eigenvalue weighted by molar-refractivity contribution is 7.98. The first-order chi connectivity index (χ1) is 15.3. The molecule has 3 amide bonds. The molecule has 0 spiro atoms. The van der Waals surface area contributed by atoms with Crippen LogP contribution in [0, 0.1) is 0 Å². The lowest BCUT2D eigenvalue weighted by Gasteiger charge is -2.24. The van der Waals surface area contributed by atoms with Crippen molar-refractivity contribution in [3.8, 4) is 0 Å². The molecule has 0 aromatic rings. The van der Waals surface area contributed by atoms with Crippen molar-refractivity contribution < 1.29 is 54.0 Å². The number of hydrogen-bond acceptors (Lipinski definition) is 9. The van der Waals surface area contributed by atoms with Crippen LogP contribution in [-0.4, -0.2) is 98.2 Å². The highest BCUT2D eigenvalue weighted by Gasteiger charge is 2.32. The van der Waals surface area contributed by atoms with Gasteiger partial charge < -0.3 is 42.1 Å². The second-order valence-electron chi connectivity index (χ2n) is 6.70. The molecule has 0 aromatic carbocycles. The maximum absolute atomic E-state index is 12.6. The highest BCUT2D eigenvalue weighted by atomic mass is 32.2. The van der Waals surface area contributed by atoms with Crippen molar-refractivity contribution in [2.24, 2.45) is 5.73 Å². The lowest BCUT2D eigenvalue weighted by atomic mass is 10.1. The van der Waals surface area contributed by atoms with Crippen LogP contribution >= 0.6 is 11.8 Å². The molecule has 0 aromatic heterocycles. The van der Waals surface area contributed by atoms with Gasteiger partial charge in [-0.15, -0.1) is 0 Å². The van der Waals surface area contributed by atoms with Crippen LogP contribution in [0.2, 0.25) is 0 Å². The summed E-state index contributed by atoms with van der Waals surface area (Å²) in [7, 11) is 0. The van der Waals surface area contributed by atoms with Gasteiger partial charge in [0.05, 0.1) is 25.3 Å². The Bertz CT molecular complexity index is 776. The third-order valence-corrected chi connectivity index (χ3v) is 4.62. The van der Waals surface area contributed by atoms with Gasteiger partial charge in [-0.2, -0.15) is 11.8 Å². The molecule has 33 heavy (non-hydrogen) atoms. The number of carboxylic acid groups (broad SMARTS) is 4. The second-order valence-corrected chi connectivity index (χ2v) is 7.69. The monoisotopic (exact) mass is 494 g/mol. The third kappa shape index (κ3) is 12.3. The molecule has 4 unspecified atom stereocenters. The maximum atomic E-state index is 12.6. The van der Waals surface area contributed by atoms with Gasteiger partial charge in [0.25, 0.3) is 0 Å². The Labute approximate surface area is 191 Å². The summed E-state index contributed by atoms with van der Waals surface area (Å²) in [6, 6.07) is -6.48. The van der Waals surface area contributed by atoms with Crippen molar-refractivity contribution in [2.45, 2.75) is 49.9 Å². The van der Waals surface area contributed by atoms with Gasteiger partial charge in [-0.1, -0.05) is 0 Å². The molecule has 0 aliphatic carbocycles. The standard InChI is InChI=1S/C17H26N4O11S/c1-33-3-2-8(19-14(28)7(18)4-11(22)23)15(29)20-9(5-12(24)25)16(30)21-10(17(31)32)6-13(26)27/h7-10H,2-6,18H2,1H3,(H,19,28)(H,20,29)(H,21,30)(H,22,23)(H,24,25)(H,26,27)(H,31,32). The van der Waals surface area contributed by atoms with Crippen LogP contribution in [0.1, 0.15) is 25.7 Å². The lowest BCUT2D eigenvalue weighted by Crippen LogP contribution is -2.57. The van der Waals surface area contributed by atoms with E-state index < -0.39 is 85.0 Å². The van der Waals surface area contributed by atoms with E-state index in [1.54, 1.807) is 6.26 Å². The number of nitrogens with one attached hydrogen (secondary N) is 3. The molecular weight excluding hydrogens is 468 g/mol. The number of aliphatic carboxylic acids is 4. The Morgan fingerprint density at radius 1 is 0.697 bits per heavy atom. The Morgan fingerprint density at radius 3 is 1.58 bits per heavy atom. The van der Waals surface area contributed by atoms with Crippen LogP contribution in [0.4, 0.5) is 0 Å². The third-order valence-electron chi connectivity index (χ3n) is 3.98. The number of nitrogens with two attached hydrogens (primary N) is 1. The van der Waals surface area contributed by atoms with Crippen LogP contribution in [0.5, 0.6) is 0 Å². The summed E-state index contributed by atoms with van der Waals surface area (Å²) in [6.45, 7) is 0. The van der Waals surface area contributed by atoms with Crippen molar-refractivity contribution in [3.05, 3.63) is 0 Å². The first-order valence-corrected chi connectivity index (χ1v) is 10.7. The van der Waals surface area contributed by atoms with E-state index in [1.165, 1.54) is 11.8 Å². The topological polar surface area (TPSA) is 263 Å². The molecule has 4 atom stereocenters. The van der Waals surface area contributed by atoms with E-state index in [0.717, 1.165) is 0 Å². The van der Waals surface area contributed by atoms with Gasteiger partial charge in [0.1, 0.15) is 18.1 Å². The van der Waals surface area contributed by atoms with E-state index in [1.807, 2.05) is 5.32 Å². The zero-order valence-electron chi connectivity index (χ0n) is 17.5. The van der Waals surface area contributed by atoms with Crippen molar-refractivity contribution >= 4 is 53.4 Å². The summed E-state index contributed by atoms with van der Waals surface area (Å²) in [5.41, 5.74) is 5.46.